The molecule has 0 aliphatic rings. The maximum atomic E-state index is 10.6. The second-order valence-corrected chi connectivity index (χ2v) is 3.00. The van der Waals surface area contributed by atoms with Gasteiger partial charge in [-0.3, -0.25) is 4.72 Å². The molecule has 0 atom stereocenters. The Labute approximate surface area is 88.2 Å². The van der Waals surface area contributed by atoms with Gasteiger partial charge in [-0.2, -0.15) is 0 Å². The number of amides is 3. The quantitative estimate of drug-likeness (QED) is 0.403. The van der Waals surface area contributed by atoms with Crippen molar-refractivity contribution >= 4 is 24.9 Å². The van der Waals surface area contributed by atoms with Crippen LogP contribution in [0, 0.1) is 0 Å². The number of nitrogens with one attached hydrogen (secondary N) is 2. The maximum absolute atomic E-state index is 10.6. The number of hydrogen-bond acceptors (Lipinski definition) is 3. The fraction of sp³-hybridized carbons (Fsp3) is 0.714. The van der Waals surface area contributed by atoms with Gasteiger partial charge >= 0.3 is 12.1 Å². The van der Waals surface area contributed by atoms with E-state index in [2.05, 4.69) is 22.9 Å². The first kappa shape index (κ1) is 12.9. The molecule has 6 nitrogen and oxygen atoms in total. The Morgan fingerprint density at radius 3 is 2.57 bits per heavy atom. The summed E-state index contributed by atoms with van der Waals surface area (Å²) in [5.41, 5.74) is 0. The fourth-order valence-electron chi connectivity index (χ4n) is 0.811. The zero-order chi connectivity index (χ0) is 11.0. The average Bonchev–Trinajstić information content (AvgIpc) is 2.16. The Balaban J connectivity index is 3.30. The lowest BCUT2D eigenvalue weighted by molar-refractivity contribution is 0.155. The summed E-state index contributed by atoms with van der Waals surface area (Å²) >= 11 is 3.55. The van der Waals surface area contributed by atoms with E-state index < -0.39 is 6.09 Å². The molecular formula is C7H15N3O3S. The Bertz CT molecular complexity index is 201. The van der Waals surface area contributed by atoms with Crippen molar-refractivity contribution in [2.24, 2.45) is 0 Å². The lowest BCUT2D eigenvalue weighted by atomic mass is 10.3. The van der Waals surface area contributed by atoms with Gasteiger partial charge in [0.2, 0.25) is 0 Å². The molecule has 0 bridgehead atoms. The number of unbranched alkanes of at least 4 members (excludes halogenated alkanes) is 1. The number of carbonyl (C=O) groups is 2. The first-order valence-electron chi connectivity index (χ1n) is 4.20. The lowest BCUT2D eigenvalue weighted by Gasteiger charge is -2.12. The van der Waals surface area contributed by atoms with Crippen LogP contribution in [0.25, 0.3) is 0 Å². The van der Waals surface area contributed by atoms with Crippen molar-refractivity contribution in [2.75, 3.05) is 20.1 Å². The second kappa shape index (κ2) is 7.31. The van der Waals surface area contributed by atoms with E-state index in [4.69, 9.17) is 5.11 Å². The third-order valence-corrected chi connectivity index (χ3v) is 1.84. The topological polar surface area (TPSA) is 81.7 Å². The predicted octanol–water partition coefficient (Wildman–Crippen LogP) is 0.520. The molecule has 0 aliphatic carbocycles. The summed E-state index contributed by atoms with van der Waals surface area (Å²) in [5.74, 6) is 0. The van der Waals surface area contributed by atoms with Crippen molar-refractivity contribution in [2.45, 2.75) is 12.8 Å². The molecular weight excluding hydrogens is 206 g/mol. The highest BCUT2D eigenvalue weighted by atomic mass is 32.1. The summed E-state index contributed by atoms with van der Waals surface area (Å²) in [6, 6.07) is -0.347. The number of carbonyl (C=O) groups excluding carboxylic acids is 1. The van der Waals surface area contributed by atoms with Gasteiger partial charge in [-0.1, -0.05) is 12.8 Å². The smallest absolute Gasteiger partial charge is 0.407 e. The van der Waals surface area contributed by atoms with Crippen molar-refractivity contribution < 1.29 is 14.7 Å². The third kappa shape index (κ3) is 6.41. The molecule has 7 heteroatoms. The molecule has 14 heavy (non-hydrogen) atoms. The number of urea groups is 1. The number of hydrogen-bond donors (Lipinski definition) is 4. The van der Waals surface area contributed by atoms with Crippen LogP contribution >= 0.6 is 12.8 Å². The lowest BCUT2D eigenvalue weighted by Crippen LogP contribution is -2.31. The molecule has 0 aromatic carbocycles. The molecule has 0 rings (SSSR count). The minimum atomic E-state index is -0.939. The Morgan fingerprint density at radius 2 is 2.07 bits per heavy atom. The zero-order valence-electron chi connectivity index (χ0n) is 7.99. The molecule has 3 amide bonds. The van der Waals surface area contributed by atoms with Crippen LogP contribution in [-0.4, -0.2) is 42.3 Å². The van der Waals surface area contributed by atoms with Crippen molar-refractivity contribution in [3.8, 4) is 0 Å². The van der Waals surface area contributed by atoms with E-state index in [1.54, 1.807) is 0 Å². The summed E-state index contributed by atoms with van der Waals surface area (Å²) in [6.45, 7) is 0.985. The Morgan fingerprint density at radius 1 is 1.43 bits per heavy atom. The normalized spacial score (nSPS) is 9.29. The molecule has 0 aromatic heterocycles. The van der Waals surface area contributed by atoms with Crippen molar-refractivity contribution in [1.29, 1.82) is 0 Å². The summed E-state index contributed by atoms with van der Waals surface area (Å²) in [4.78, 5) is 22.2. The highest BCUT2D eigenvalue weighted by molar-refractivity contribution is 7.78. The largest absolute Gasteiger partial charge is 0.465 e. The van der Waals surface area contributed by atoms with Crippen LogP contribution in [0.5, 0.6) is 0 Å². The molecule has 0 saturated carbocycles. The first-order valence-corrected chi connectivity index (χ1v) is 4.64. The summed E-state index contributed by atoms with van der Waals surface area (Å²) < 4.78 is 2.12. The minimum Gasteiger partial charge on any atom is -0.465 e. The predicted molar refractivity (Wildman–Crippen MR) is 55.4 cm³/mol. The maximum Gasteiger partial charge on any atom is 0.407 e. The molecule has 0 aromatic rings. The fourth-order valence-corrected chi connectivity index (χ4v) is 0.890. The van der Waals surface area contributed by atoms with E-state index in [0.717, 1.165) is 12.8 Å². The van der Waals surface area contributed by atoms with Crippen molar-refractivity contribution in [3.05, 3.63) is 0 Å². The minimum absolute atomic E-state index is 0.347. The van der Waals surface area contributed by atoms with Gasteiger partial charge in [0.25, 0.3) is 0 Å². The van der Waals surface area contributed by atoms with Crippen LogP contribution < -0.4 is 10.0 Å². The number of carboxylic acid groups (broad SMARTS) is 1. The molecule has 0 heterocycles. The van der Waals surface area contributed by atoms with Crippen LogP contribution in [0.15, 0.2) is 0 Å². The van der Waals surface area contributed by atoms with E-state index in [0.29, 0.717) is 13.1 Å². The molecule has 82 valence electrons. The van der Waals surface area contributed by atoms with E-state index in [1.165, 1.54) is 11.9 Å². The van der Waals surface area contributed by atoms with Crippen LogP contribution in [-0.2, 0) is 0 Å². The SMILES string of the molecule is CN(CCCCNC(=O)NS)C(=O)O. The number of thiol groups is 1. The summed E-state index contributed by atoms with van der Waals surface area (Å²) in [5, 5.41) is 11.0. The van der Waals surface area contributed by atoms with Gasteiger partial charge in [0.1, 0.15) is 0 Å². The van der Waals surface area contributed by atoms with Crippen molar-refractivity contribution in [1.82, 2.24) is 14.9 Å². The monoisotopic (exact) mass is 221 g/mol. The molecule has 3 N–H and O–H groups in total. The van der Waals surface area contributed by atoms with Crippen LogP contribution in [0.3, 0.4) is 0 Å². The number of nitrogens with zero attached hydrogens (tertiary/aromatic N) is 1. The van der Waals surface area contributed by atoms with Gasteiger partial charge < -0.3 is 15.3 Å². The third-order valence-electron chi connectivity index (χ3n) is 1.63. The average molecular weight is 221 g/mol. The highest BCUT2D eigenvalue weighted by Gasteiger charge is 2.03. The van der Waals surface area contributed by atoms with E-state index in [9.17, 15) is 9.59 Å². The highest BCUT2D eigenvalue weighted by Crippen LogP contribution is 1.92. The molecule has 0 spiro atoms. The van der Waals surface area contributed by atoms with E-state index in [1.807, 2.05) is 0 Å². The molecule has 0 saturated heterocycles. The van der Waals surface area contributed by atoms with Crippen LogP contribution in [0.1, 0.15) is 12.8 Å². The second-order valence-electron chi connectivity index (χ2n) is 2.78. The van der Waals surface area contributed by atoms with Crippen molar-refractivity contribution in [3.63, 3.8) is 0 Å². The van der Waals surface area contributed by atoms with Crippen LogP contribution in [0.4, 0.5) is 9.59 Å². The molecule has 0 fully saturated rings. The summed E-state index contributed by atoms with van der Waals surface area (Å²) in [6.07, 6.45) is 0.514. The Kier molecular flexibility index (Phi) is 6.73. The van der Waals surface area contributed by atoms with E-state index in [-0.39, 0.29) is 6.03 Å². The zero-order valence-corrected chi connectivity index (χ0v) is 8.88. The molecule has 0 unspecified atom stereocenters. The van der Waals surface area contributed by atoms with Gasteiger partial charge in [-0.05, 0) is 12.8 Å². The first-order chi connectivity index (χ1) is 6.57. The van der Waals surface area contributed by atoms with E-state index >= 15 is 0 Å². The standard InChI is InChI=1S/C7H15N3O3S/c1-10(7(12)13)5-3-2-4-8-6(11)9-14/h14H,2-5H2,1H3,(H,12,13)(H2,8,9,11). The van der Waals surface area contributed by atoms with Gasteiger partial charge in [-0.15, -0.1) is 0 Å². The molecule has 0 aliphatic heterocycles. The van der Waals surface area contributed by atoms with Crippen LogP contribution in [0.2, 0.25) is 0 Å². The van der Waals surface area contributed by atoms with Gasteiger partial charge in [-0.25, -0.2) is 9.59 Å². The van der Waals surface area contributed by atoms with Gasteiger partial charge in [0.05, 0.1) is 0 Å². The Hall–Kier alpha value is -1.11. The number of rotatable bonds is 5. The van der Waals surface area contributed by atoms with Gasteiger partial charge in [0, 0.05) is 20.1 Å². The summed E-state index contributed by atoms with van der Waals surface area (Å²) in [7, 11) is 1.51. The molecule has 0 radical (unpaired) electrons. The van der Waals surface area contributed by atoms with Gasteiger partial charge in [0.15, 0.2) is 0 Å².